The first kappa shape index (κ1) is 12.4. The number of hydrogen-bond donors (Lipinski definition) is 0. The van der Waals surface area contributed by atoms with Gasteiger partial charge in [-0.2, -0.15) is 0 Å². The van der Waals surface area contributed by atoms with Gasteiger partial charge in [0, 0.05) is 30.6 Å². The maximum absolute atomic E-state index is 5.09. The lowest BCUT2D eigenvalue weighted by atomic mass is 10.1. The van der Waals surface area contributed by atoms with Gasteiger partial charge in [0.1, 0.15) is 5.75 Å². The van der Waals surface area contributed by atoms with Crippen molar-refractivity contribution in [3.8, 4) is 29.6 Å². The van der Waals surface area contributed by atoms with Gasteiger partial charge in [-0.3, -0.25) is 0 Å². The fraction of sp³-hybridized carbons (Fsp3) is 0.375. The molecule has 1 aromatic carbocycles. The average molecular weight is 239 g/mol. The number of rotatable bonds is 1. The highest BCUT2D eigenvalue weighted by Gasteiger charge is 2.04. The topological polar surface area (TPSA) is 12.5 Å². The molecule has 0 bridgehead atoms. The van der Waals surface area contributed by atoms with Gasteiger partial charge in [-0.05, 0) is 49.4 Å². The van der Waals surface area contributed by atoms with E-state index in [0.29, 0.717) is 0 Å². The highest BCUT2D eigenvalue weighted by atomic mass is 16.5. The molecule has 1 aromatic rings. The van der Waals surface area contributed by atoms with Crippen molar-refractivity contribution in [3.05, 3.63) is 29.8 Å². The first-order chi connectivity index (χ1) is 8.88. The van der Waals surface area contributed by atoms with Gasteiger partial charge in [-0.15, -0.1) is 0 Å². The van der Waals surface area contributed by atoms with Crippen LogP contribution in [0.25, 0.3) is 0 Å². The molecule has 92 valence electrons. The summed E-state index contributed by atoms with van der Waals surface area (Å²) in [5.41, 5.74) is 0.962. The van der Waals surface area contributed by atoms with Gasteiger partial charge in [-0.1, -0.05) is 5.92 Å². The summed E-state index contributed by atoms with van der Waals surface area (Å²) < 4.78 is 5.09. The summed E-state index contributed by atoms with van der Waals surface area (Å²) in [6.07, 6.45) is 3.83. The summed E-state index contributed by atoms with van der Waals surface area (Å²) >= 11 is 0. The third kappa shape index (κ3) is 3.75. The minimum atomic E-state index is 0.847. The number of piperidine rings is 1. The van der Waals surface area contributed by atoms with Crippen molar-refractivity contribution >= 4 is 0 Å². The van der Waals surface area contributed by atoms with E-state index >= 15 is 0 Å². The number of benzene rings is 1. The Labute approximate surface area is 109 Å². The summed E-state index contributed by atoms with van der Waals surface area (Å²) in [5.74, 6) is 9.69. The predicted molar refractivity (Wildman–Crippen MR) is 73.1 cm³/mol. The van der Waals surface area contributed by atoms with Gasteiger partial charge in [-0.25, -0.2) is 0 Å². The van der Waals surface area contributed by atoms with Gasteiger partial charge < -0.3 is 9.64 Å². The molecule has 1 heterocycles. The van der Waals surface area contributed by atoms with Crippen LogP contribution in [0.5, 0.6) is 5.75 Å². The van der Waals surface area contributed by atoms with E-state index < -0.39 is 0 Å². The summed E-state index contributed by atoms with van der Waals surface area (Å²) in [7, 11) is 1.66. The van der Waals surface area contributed by atoms with Crippen LogP contribution in [0.4, 0.5) is 0 Å². The lowest BCUT2D eigenvalue weighted by molar-refractivity contribution is 0.327. The standard InChI is InChI=1S/C16H17NO/c1-18-16-10-8-15(9-11-16)7-3-6-14-17-12-4-2-5-13-17/h8-11H,2,4-5,12-13H2,1H3. The Balaban J connectivity index is 1.92. The summed E-state index contributed by atoms with van der Waals surface area (Å²) in [5, 5.41) is 0. The van der Waals surface area contributed by atoms with Crippen LogP contribution >= 0.6 is 0 Å². The van der Waals surface area contributed by atoms with Crippen LogP contribution in [0.1, 0.15) is 24.8 Å². The zero-order valence-corrected chi connectivity index (χ0v) is 10.7. The highest BCUT2D eigenvalue weighted by Crippen LogP contribution is 2.10. The van der Waals surface area contributed by atoms with Gasteiger partial charge in [0.05, 0.1) is 7.11 Å². The Morgan fingerprint density at radius 2 is 1.72 bits per heavy atom. The van der Waals surface area contributed by atoms with Gasteiger partial charge >= 0.3 is 0 Å². The number of hydrogen-bond acceptors (Lipinski definition) is 2. The van der Waals surface area contributed by atoms with Crippen molar-refractivity contribution in [1.29, 1.82) is 0 Å². The van der Waals surface area contributed by atoms with Crippen molar-refractivity contribution in [2.24, 2.45) is 0 Å². The van der Waals surface area contributed by atoms with Crippen LogP contribution in [0, 0.1) is 23.8 Å². The van der Waals surface area contributed by atoms with E-state index in [1.54, 1.807) is 7.11 Å². The molecule has 0 atom stereocenters. The second kappa shape index (κ2) is 6.62. The average Bonchev–Trinajstić information content (AvgIpc) is 2.45. The molecule has 0 aliphatic carbocycles. The summed E-state index contributed by atoms with van der Waals surface area (Å²) in [6.45, 7) is 2.16. The Hall–Kier alpha value is -2.06. The van der Waals surface area contributed by atoms with E-state index in [9.17, 15) is 0 Å². The summed E-state index contributed by atoms with van der Waals surface area (Å²) in [6, 6.07) is 10.8. The van der Waals surface area contributed by atoms with Crippen molar-refractivity contribution in [2.75, 3.05) is 20.2 Å². The minimum Gasteiger partial charge on any atom is -0.497 e. The zero-order valence-electron chi connectivity index (χ0n) is 10.7. The van der Waals surface area contributed by atoms with Gasteiger partial charge in [0.15, 0.2) is 0 Å². The van der Waals surface area contributed by atoms with E-state index in [1.807, 2.05) is 24.3 Å². The van der Waals surface area contributed by atoms with Crippen LogP contribution in [0.3, 0.4) is 0 Å². The van der Waals surface area contributed by atoms with E-state index in [-0.39, 0.29) is 0 Å². The molecule has 0 saturated carbocycles. The molecular formula is C16H17NO. The van der Waals surface area contributed by atoms with E-state index in [2.05, 4.69) is 28.7 Å². The van der Waals surface area contributed by atoms with Crippen molar-refractivity contribution in [2.45, 2.75) is 19.3 Å². The molecule has 0 N–H and O–H groups in total. The van der Waals surface area contributed by atoms with E-state index in [1.165, 1.54) is 19.3 Å². The molecule has 0 spiro atoms. The van der Waals surface area contributed by atoms with Crippen LogP contribution in [-0.4, -0.2) is 25.1 Å². The molecular weight excluding hydrogens is 222 g/mol. The molecule has 1 fully saturated rings. The number of methoxy groups -OCH3 is 1. The Morgan fingerprint density at radius 3 is 2.39 bits per heavy atom. The molecule has 0 unspecified atom stereocenters. The monoisotopic (exact) mass is 239 g/mol. The van der Waals surface area contributed by atoms with Crippen LogP contribution < -0.4 is 4.74 Å². The van der Waals surface area contributed by atoms with Crippen molar-refractivity contribution < 1.29 is 4.74 Å². The number of ether oxygens (including phenoxy) is 1. The zero-order chi connectivity index (χ0) is 12.6. The van der Waals surface area contributed by atoms with Crippen LogP contribution in [0.15, 0.2) is 24.3 Å². The maximum Gasteiger partial charge on any atom is 0.118 e. The van der Waals surface area contributed by atoms with Crippen LogP contribution in [0.2, 0.25) is 0 Å². The second-order valence-corrected chi connectivity index (χ2v) is 4.26. The molecule has 0 aromatic heterocycles. The largest absolute Gasteiger partial charge is 0.497 e. The molecule has 2 nitrogen and oxygen atoms in total. The first-order valence-corrected chi connectivity index (χ1v) is 6.29. The summed E-state index contributed by atoms with van der Waals surface area (Å²) in [4.78, 5) is 2.16. The molecule has 2 rings (SSSR count). The molecule has 0 radical (unpaired) electrons. The van der Waals surface area contributed by atoms with Crippen molar-refractivity contribution in [1.82, 2.24) is 4.90 Å². The molecule has 2 heteroatoms. The lowest BCUT2D eigenvalue weighted by Crippen LogP contribution is -2.24. The smallest absolute Gasteiger partial charge is 0.118 e. The SMILES string of the molecule is COc1ccc(C#CC#CN2CCCCC2)cc1. The Morgan fingerprint density at radius 1 is 1.00 bits per heavy atom. The molecule has 1 saturated heterocycles. The fourth-order valence-corrected chi connectivity index (χ4v) is 1.89. The third-order valence-electron chi connectivity index (χ3n) is 2.93. The van der Waals surface area contributed by atoms with E-state index in [4.69, 9.17) is 4.74 Å². The van der Waals surface area contributed by atoms with Crippen LogP contribution in [-0.2, 0) is 0 Å². The maximum atomic E-state index is 5.09. The molecule has 18 heavy (non-hydrogen) atoms. The number of nitrogens with zero attached hydrogens (tertiary/aromatic N) is 1. The number of likely N-dealkylation sites (tertiary alicyclic amines) is 1. The lowest BCUT2D eigenvalue weighted by Gasteiger charge is -2.21. The molecule has 0 amide bonds. The van der Waals surface area contributed by atoms with Gasteiger partial charge in [0.2, 0.25) is 0 Å². The molecule has 1 aliphatic rings. The first-order valence-electron chi connectivity index (χ1n) is 6.29. The Bertz CT molecular complexity index is 490. The molecule has 1 aliphatic heterocycles. The van der Waals surface area contributed by atoms with E-state index in [0.717, 1.165) is 24.4 Å². The van der Waals surface area contributed by atoms with Crippen molar-refractivity contribution in [3.63, 3.8) is 0 Å². The Kier molecular flexibility index (Phi) is 4.56. The van der Waals surface area contributed by atoms with Gasteiger partial charge in [0.25, 0.3) is 0 Å². The normalized spacial score (nSPS) is 13.9. The predicted octanol–water partition coefficient (Wildman–Crippen LogP) is 2.49. The quantitative estimate of drug-likeness (QED) is 0.698. The second-order valence-electron chi connectivity index (χ2n) is 4.26. The fourth-order valence-electron chi connectivity index (χ4n) is 1.89. The third-order valence-corrected chi connectivity index (χ3v) is 2.93. The highest BCUT2D eigenvalue weighted by molar-refractivity contribution is 5.42. The minimum absolute atomic E-state index is 0.847.